The average molecular weight is 374 g/mol. The summed E-state index contributed by atoms with van der Waals surface area (Å²) in [7, 11) is 0. The van der Waals surface area contributed by atoms with Crippen molar-refractivity contribution in [1.82, 2.24) is 9.47 Å². The number of hydrogen-bond donors (Lipinski definition) is 0. The van der Waals surface area contributed by atoms with Crippen LogP contribution in [-0.2, 0) is 13.1 Å². The third-order valence-electron chi connectivity index (χ3n) is 6.04. The van der Waals surface area contributed by atoms with E-state index < -0.39 is 0 Å². The molecule has 2 aliphatic heterocycles. The van der Waals surface area contributed by atoms with Crippen LogP contribution < -0.4 is 0 Å². The van der Waals surface area contributed by atoms with Crippen molar-refractivity contribution in [2.75, 3.05) is 13.1 Å². The Kier molecular flexibility index (Phi) is 4.36. The first-order chi connectivity index (χ1) is 13.7. The molecule has 3 aromatic rings. The highest BCUT2D eigenvalue weighted by Gasteiger charge is 2.28. The quantitative estimate of drug-likeness (QED) is 0.615. The van der Waals surface area contributed by atoms with Crippen LogP contribution in [0.4, 0.5) is 4.39 Å². The first kappa shape index (κ1) is 17.4. The minimum absolute atomic E-state index is 0.100. The summed E-state index contributed by atoms with van der Waals surface area (Å²) in [5, 5.41) is 0.929. The Morgan fingerprint density at radius 2 is 1.82 bits per heavy atom. The van der Waals surface area contributed by atoms with Crippen LogP contribution >= 0.6 is 0 Å². The van der Waals surface area contributed by atoms with Crippen molar-refractivity contribution in [3.05, 3.63) is 83.3 Å². The van der Waals surface area contributed by atoms with Gasteiger partial charge in [0.25, 0.3) is 0 Å². The Morgan fingerprint density at radius 1 is 1.04 bits per heavy atom. The van der Waals surface area contributed by atoms with Gasteiger partial charge in [-0.1, -0.05) is 36.4 Å². The lowest BCUT2D eigenvalue weighted by Gasteiger charge is -2.30. The predicted molar refractivity (Wildman–Crippen MR) is 109 cm³/mol. The zero-order valence-electron chi connectivity index (χ0n) is 15.8. The van der Waals surface area contributed by atoms with E-state index in [0.29, 0.717) is 18.2 Å². The summed E-state index contributed by atoms with van der Waals surface area (Å²) >= 11 is 0. The molecule has 5 rings (SSSR count). The van der Waals surface area contributed by atoms with Crippen LogP contribution in [0.25, 0.3) is 10.9 Å². The molecule has 0 radical (unpaired) electrons. The van der Waals surface area contributed by atoms with Crippen molar-refractivity contribution in [3.63, 3.8) is 0 Å². The monoisotopic (exact) mass is 374 g/mol. The van der Waals surface area contributed by atoms with Crippen LogP contribution in [0.2, 0.25) is 0 Å². The number of rotatable bonds is 3. The molecule has 2 aliphatic rings. The number of likely N-dealkylation sites (tertiary alicyclic amines) is 1. The molecule has 0 amide bonds. The smallest absolute Gasteiger partial charge is 0.206 e. The zero-order valence-corrected chi connectivity index (χ0v) is 15.8. The first-order valence-corrected chi connectivity index (χ1v) is 9.98. The maximum absolute atomic E-state index is 13.6. The van der Waals surface area contributed by atoms with Crippen LogP contribution in [0.3, 0.4) is 0 Å². The van der Waals surface area contributed by atoms with Crippen molar-refractivity contribution >= 4 is 16.7 Å². The molecule has 0 atom stereocenters. The number of hydrogen-bond acceptors (Lipinski definition) is 2. The molecule has 0 saturated carbocycles. The molecule has 1 aromatic heterocycles. The van der Waals surface area contributed by atoms with E-state index in [-0.39, 0.29) is 11.6 Å². The summed E-state index contributed by atoms with van der Waals surface area (Å²) in [6.07, 6.45) is 4.34. The molecule has 3 nitrogen and oxygen atoms in total. The summed E-state index contributed by atoms with van der Waals surface area (Å²) < 4.78 is 15.6. The van der Waals surface area contributed by atoms with E-state index in [0.717, 1.165) is 49.0 Å². The second-order valence-electron chi connectivity index (χ2n) is 7.94. The van der Waals surface area contributed by atoms with E-state index >= 15 is 0 Å². The van der Waals surface area contributed by atoms with Crippen molar-refractivity contribution in [1.29, 1.82) is 0 Å². The van der Waals surface area contributed by atoms with Gasteiger partial charge in [0.2, 0.25) is 5.78 Å². The summed E-state index contributed by atoms with van der Waals surface area (Å²) in [5.74, 6) is 0.283. The van der Waals surface area contributed by atoms with E-state index in [1.807, 2.05) is 16.7 Å². The fourth-order valence-electron chi connectivity index (χ4n) is 4.52. The molecule has 4 heteroatoms. The number of ketones is 1. The summed E-state index contributed by atoms with van der Waals surface area (Å²) in [4.78, 5) is 15.3. The molecule has 1 fully saturated rings. The van der Waals surface area contributed by atoms with Crippen LogP contribution in [0.15, 0.2) is 66.2 Å². The Labute approximate surface area is 164 Å². The number of carbonyl (C=O) groups excluding carboxylic acids is 1. The topological polar surface area (TPSA) is 25.2 Å². The Hall–Kier alpha value is -2.72. The molecule has 28 heavy (non-hydrogen) atoms. The second-order valence-corrected chi connectivity index (χ2v) is 7.94. The van der Waals surface area contributed by atoms with Crippen molar-refractivity contribution in [2.24, 2.45) is 5.92 Å². The molecule has 3 heterocycles. The van der Waals surface area contributed by atoms with Crippen molar-refractivity contribution in [2.45, 2.75) is 25.9 Å². The number of allylic oxidation sites excluding steroid dienone is 2. The fraction of sp³-hybridized carbons (Fsp3) is 0.292. The van der Waals surface area contributed by atoms with Gasteiger partial charge in [-0.2, -0.15) is 0 Å². The number of halogens is 1. The van der Waals surface area contributed by atoms with Gasteiger partial charge in [-0.3, -0.25) is 9.69 Å². The first-order valence-electron chi connectivity index (χ1n) is 9.98. The molecule has 2 aromatic carbocycles. The molecule has 0 spiro atoms. The highest BCUT2D eigenvalue weighted by molar-refractivity contribution is 6.12. The highest BCUT2D eigenvalue weighted by Crippen LogP contribution is 2.31. The molecule has 1 saturated heterocycles. The summed E-state index contributed by atoms with van der Waals surface area (Å²) in [6.45, 7) is 3.66. The maximum Gasteiger partial charge on any atom is 0.206 e. The normalized spacial score (nSPS) is 19.6. The summed E-state index contributed by atoms with van der Waals surface area (Å²) in [6, 6.07) is 17.2. The second kappa shape index (κ2) is 7.02. The predicted octanol–water partition coefficient (Wildman–Crippen LogP) is 4.82. The van der Waals surface area contributed by atoms with Crippen molar-refractivity contribution < 1.29 is 9.18 Å². The number of Topliss-reactive ketones (excluding diaryl/α,β-unsaturated/α-hetero) is 1. The van der Waals surface area contributed by atoms with Gasteiger partial charge in [0, 0.05) is 17.5 Å². The molecule has 0 N–H and O–H groups in total. The van der Waals surface area contributed by atoms with Crippen LogP contribution in [0.1, 0.15) is 28.9 Å². The minimum Gasteiger partial charge on any atom is -0.333 e. The van der Waals surface area contributed by atoms with E-state index in [4.69, 9.17) is 0 Å². The maximum atomic E-state index is 13.6. The van der Waals surface area contributed by atoms with Crippen LogP contribution in [-0.4, -0.2) is 28.3 Å². The SMILES string of the molecule is O=C1C(=CC2CCN(Cc3ccccc3)CC2)Cn2c1cc1ccc(F)cc12. The average Bonchev–Trinajstić information content (AvgIpc) is 3.21. The Balaban J connectivity index is 1.27. The van der Waals surface area contributed by atoms with E-state index in [1.54, 1.807) is 6.07 Å². The van der Waals surface area contributed by atoms with Gasteiger partial charge in [-0.15, -0.1) is 0 Å². The Morgan fingerprint density at radius 3 is 2.61 bits per heavy atom. The molecular formula is C24H23FN2O. The number of aromatic nitrogens is 1. The Bertz CT molecular complexity index is 1060. The summed E-state index contributed by atoms with van der Waals surface area (Å²) in [5.41, 5.74) is 3.71. The van der Waals surface area contributed by atoms with Gasteiger partial charge < -0.3 is 4.57 Å². The van der Waals surface area contributed by atoms with Gasteiger partial charge in [0.15, 0.2) is 0 Å². The number of carbonyl (C=O) groups is 1. The molecule has 0 aliphatic carbocycles. The van der Waals surface area contributed by atoms with Gasteiger partial charge >= 0.3 is 0 Å². The highest BCUT2D eigenvalue weighted by atomic mass is 19.1. The molecule has 142 valence electrons. The lowest BCUT2D eigenvalue weighted by Crippen LogP contribution is -2.32. The number of fused-ring (bicyclic) bond motifs is 3. The number of nitrogens with zero attached hydrogens (tertiary/aromatic N) is 2. The standard InChI is InChI=1S/C24H23FN2O/c25-21-7-6-19-13-23-24(28)20(16-27(23)22(19)14-21)12-17-8-10-26(11-9-17)15-18-4-2-1-3-5-18/h1-7,12-14,17H,8-11,15-16H2. The third kappa shape index (κ3) is 3.18. The molecule has 0 bridgehead atoms. The van der Waals surface area contributed by atoms with E-state index in [9.17, 15) is 9.18 Å². The number of benzene rings is 2. The number of piperidine rings is 1. The van der Waals surface area contributed by atoms with Crippen LogP contribution in [0, 0.1) is 11.7 Å². The van der Waals surface area contributed by atoms with E-state index in [1.165, 1.54) is 17.7 Å². The van der Waals surface area contributed by atoms with Gasteiger partial charge in [0.05, 0.1) is 17.8 Å². The molecular weight excluding hydrogens is 351 g/mol. The lowest BCUT2D eigenvalue weighted by atomic mass is 9.93. The van der Waals surface area contributed by atoms with Crippen LogP contribution in [0.5, 0.6) is 0 Å². The van der Waals surface area contributed by atoms with E-state index in [2.05, 4.69) is 35.2 Å². The molecule has 0 unspecified atom stereocenters. The lowest BCUT2D eigenvalue weighted by molar-refractivity contribution is 0.103. The largest absolute Gasteiger partial charge is 0.333 e. The van der Waals surface area contributed by atoms with Gasteiger partial charge in [-0.25, -0.2) is 4.39 Å². The third-order valence-corrected chi connectivity index (χ3v) is 6.04. The minimum atomic E-state index is -0.260. The zero-order chi connectivity index (χ0) is 19.1. The van der Waals surface area contributed by atoms with Crippen molar-refractivity contribution in [3.8, 4) is 0 Å². The fourth-order valence-corrected chi connectivity index (χ4v) is 4.52. The van der Waals surface area contributed by atoms with Gasteiger partial charge in [0.1, 0.15) is 5.82 Å². The van der Waals surface area contributed by atoms with Gasteiger partial charge in [-0.05, 0) is 61.7 Å².